The lowest BCUT2D eigenvalue weighted by Crippen LogP contribution is -2.47. The van der Waals surface area contributed by atoms with Gasteiger partial charge in [-0.3, -0.25) is 9.59 Å². The van der Waals surface area contributed by atoms with E-state index in [0.29, 0.717) is 25.4 Å². The van der Waals surface area contributed by atoms with Crippen LogP contribution in [0.4, 0.5) is 0 Å². The maximum absolute atomic E-state index is 12.4. The highest BCUT2D eigenvalue weighted by molar-refractivity contribution is 5.91. The first-order valence-electron chi connectivity index (χ1n) is 7.36. The van der Waals surface area contributed by atoms with E-state index in [1.54, 1.807) is 17.2 Å². The third-order valence-electron chi connectivity index (χ3n) is 4.24. The second kappa shape index (κ2) is 5.69. The van der Waals surface area contributed by atoms with Gasteiger partial charge in [0.05, 0.1) is 12.8 Å². The number of nitrogens with zero attached hydrogens (tertiary/aromatic N) is 1. The number of likely N-dealkylation sites (tertiary alicyclic amines) is 1. The van der Waals surface area contributed by atoms with Crippen molar-refractivity contribution in [1.82, 2.24) is 10.2 Å². The molecule has 1 atom stereocenters. The minimum Gasteiger partial charge on any atom is -0.467 e. The fourth-order valence-electron chi connectivity index (χ4n) is 3.14. The molecule has 1 unspecified atom stereocenters. The minimum absolute atomic E-state index is 0.00527. The predicted molar refractivity (Wildman–Crippen MR) is 72.7 cm³/mol. The summed E-state index contributed by atoms with van der Waals surface area (Å²) < 4.78 is 5.28. The highest BCUT2D eigenvalue weighted by atomic mass is 16.3. The van der Waals surface area contributed by atoms with E-state index in [9.17, 15) is 9.59 Å². The summed E-state index contributed by atoms with van der Waals surface area (Å²) in [6, 6.07) is 3.58. The van der Waals surface area contributed by atoms with E-state index in [4.69, 9.17) is 4.42 Å². The van der Waals surface area contributed by atoms with E-state index in [-0.39, 0.29) is 17.9 Å². The highest BCUT2D eigenvalue weighted by Crippen LogP contribution is 2.23. The van der Waals surface area contributed by atoms with Crippen LogP contribution < -0.4 is 5.32 Å². The van der Waals surface area contributed by atoms with Crippen LogP contribution in [0.5, 0.6) is 0 Å². The van der Waals surface area contributed by atoms with Crippen molar-refractivity contribution >= 4 is 11.8 Å². The Kier molecular flexibility index (Phi) is 3.76. The Hall–Kier alpha value is -1.78. The van der Waals surface area contributed by atoms with Crippen molar-refractivity contribution < 1.29 is 14.0 Å². The maximum Gasteiger partial charge on any atom is 0.243 e. The summed E-state index contributed by atoms with van der Waals surface area (Å²) in [7, 11) is 0. The van der Waals surface area contributed by atoms with Gasteiger partial charge in [-0.15, -0.1) is 0 Å². The maximum atomic E-state index is 12.4. The zero-order valence-electron chi connectivity index (χ0n) is 11.5. The Bertz CT molecular complexity index is 477. The van der Waals surface area contributed by atoms with Gasteiger partial charge in [0.15, 0.2) is 0 Å². The van der Waals surface area contributed by atoms with Gasteiger partial charge in [0.2, 0.25) is 11.8 Å². The van der Waals surface area contributed by atoms with Gasteiger partial charge in [-0.25, -0.2) is 0 Å². The van der Waals surface area contributed by atoms with E-state index in [0.717, 1.165) is 18.6 Å². The molecule has 108 valence electrons. The summed E-state index contributed by atoms with van der Waals surface area (Å²) in [5.74, 6) is 0.751. The number of carbonyl (C=O) groups is 2. The molecular formula is C15H20N2O3. The van der Waals surface area contributed by atoms with Crippen molar-refractivity contribution in [2.45, 2.75) is 57.2 Å². The Morgan fingerprint density at radius 1 is 1.35 bits per heavy atom. The topological polar surface area (TPSA) is 62.6 Å². The Labute approximate surface area is 118 Å². The fraction of sp³-hybridized carbons (Fsp3) is 0.600. The van der Waals surface area contributed by atoms with Gasteiger partial charge in [-0.1, -0.05) is 12.8 Å². The summed E-state index contributed by atoms with van der Waals surface area (Å²) in [5, 5.41) is 3.09. The van der Waals surface area contributed by atoms with Crippen LogP contribution in [0, 0.1) is 0 Å². The Balaban J connectivity index is 1.64. The first kappa shape index (κ1) is 13.2. The van der Waals surface area contributed by atoms with E-state index in [1.807, 2.05) is 6.07 Å². The second-order valence-corrected chi connectivity index (χ2v) is 5.65. The SMILES string of the molecule is O=C(NC1CCCC1)C1CCC(=O)N1Cc1ccco1. The average Bonchev–Trinajstić information content (AvgIpc) is 3.14. The lowest BCUT2D eigenvalue weighted by Gasteiger charge is -2.24. The molecule has 0 bridgehead atoms. The number of furan rings is 1. The number of nitrogens with one attached hydrogen (secondary N) is 1. The van der Waals surface area contributed by atoms with Crippen LogP contribution in [0.15, 0.2) is 22.8 Å². The van der Waals surface area contributed by atoms with Gasteiger partial charge in [0, 0.05) is 12.5 Å². The molecule has 2 aliphatic rings. The highest BCUT2D eigenvalue weighted by Gasteiger charge is 2.37. The molecule has 1 saturated carbocycles. The number of carbonyl (C=O) groups excluding carboxylic acids is 2. The van der Waals surface area contributed by atoms with Crippen LogP contribution >= 0.6 is 0 Å². The van der Waals surface area contributed by atoms with Crippen LogP contribution in [0.3, 0.4) is 0 Å². The molecule has 5 nitrogen and oxygen atoms in total. The summed E-state index contributed by atoms with van der Waals surface area (Å²) in [4.78, 5) is 25.9. The lowest BCUT2D eigenvalue weighted by atomic mass is 10.1. The zero-order chi connectivity index (χ0) is 13.9. The first-order chi connectivity index (χ1) is 9.74. The van der Waals surface area contributed by atoms with Crippen molar-refractivity contribution in [1.29, 1.82) is 0 Å². The molecule has 0 aromatic carbocycles. The summed E-state index contributed by atoms with van der Waals surface area (Å²) in [5.41, 5.74) is 0. The smallest absolute Gasteiger partial charge is 0.243 e. The van der Waals surface area contributed by atoms with Gasteiger partial charge in [0.25, 0.3) is 0 Å². The third kappa shape index (κ3) is 2.71. The number of rotatable bonds is 4. The van der Waals surface area contributed by atoms with Crippen LogP contribution in [-0.4, -0.2) is 28.8 Å². The summed E-state index contributed by atoms with van der Waals surface area (Å²) in [6.45, 7) is 0.384. The Morgan fingerprint density at radius 3 is 2.85 bits per heavy atom. The molecule has 3 rings (SSSR count). The van der Waals surface area contributed by atoms with Crippen molar-refractivity contribution in [3.8, 4) is 0 Å². The molecule has 2 fully saturated rings. The van der Waals surface area contributed by atoms with Crippen LogP contribution in [0.1, 0.15) is 44.3 Å². The minimum atomic E-state index is -0.340. The van der Waals surface area contributed by atoms with Crippen molar-refractivity contribution in [2.24, 2.45) is 0 Å². The molecule has 1 N–H and O–H groups in total. The van der Waals surface area contributed by atoms with Crippen molar-refractivity contribution in [3.05, 3.63) is 24.2 Å². The summed E-state index contributed by atoms with van der Waals surface area (Å²) >= 11 is 0. The predicted octanol–water partition coefficient (Wildman–Crippen LogP) is 1.83. The molecular weight excluding hydrogens is 256 g/mol. The number of hydrogen-bond donors (Lipinski definition) is 1. The molecule has 2 amide bonds. The summed E-state index contributed by atoms with van der Waals surface area (Å²) in [6.07, 6.45) is 7.13. The Morgan fingerprint density at radius 2 is 2.15 bits per heavy atom. The lowest BCUT2D eigenvalue weighted by molar-refractivity contribution is -0.136. The van der Waals surface area contributed by atoms with Crippen LogP contribution in [-0.2, 0) is 16.1 Å². The molecule has 1 aromatic rings. The zero-order valence-corrected chi connectivity index (χ0v) is 11.5. The van der Waals surface area contributed by atoms with Gasteiger partial charge >= 0.3 is 0 Å². The monoisotopic (exact) mass is 276 g/mol. The number of hydrogen-bond acceptors (Lipinski definition) is 3. The average molecular weight is 276 g/mol. The standard InChI is InChI=1S/C15H20N2O3/c18-14-8-7-13(15(19)16-11-4-1-2-5-11)17(14)10-12-6-3-9-20-12/h3,6,9,11,13H,1-2,4-5,7-8,10H2,(H,16,19). The molecule has 1 aliphatic heterocycles. The van der Waals surface area contributed by atoms with Crippen molar-refractivity contribution in [3.63, 3.8) is 0 Å². The molecule has 1 saturated heterocycles. The van der Waals surface area contributed by atoms with Gasteiger partial charge in [-0.05, 0) is 31.4 Å². The number of amides is 2. The molecule has 0 radical (unpaired) electrons. The van der Waals surface area contributed by atoms with Gasteiger partial charge in [0.1, 0.15) is 11.8 Å². The molecule has 1 aliphatic carbocycles. The fourth-order valence-corrected chi connectivity index (χ4v) is 3.14. The third-order valence-corrected chi connectivity index (χ3v) is 4.24. The normalized spacial score (nSPS) is 23.5. The van der Waals surface area contributed by atoms with E-state index in [2.05, 4.69) is 5.32 Å². The molecule has 0 spiro atoms. The molecule has 2 heterocycles. The molecule has 1 aromatic heterocycles. The van der Waals surface area contributed by atoms with Gasteiger partial charge in [-0.2, -0.15) is 0 Å². The largest absolute Gasteiger partial charge is 0.467 e. The quantitative estimate of drug-likeness (QED) is 0.912. The molecule has 5 heteroatoms. The second-order valence-electron chi connectivity index (χ2n) is 5.65. The van der Waals surface area contributed by atoms with Gasteiger partial charge < -0.3 is 14.6 Å². The van der Waals surface area contributed by atoms with E-state index >= 15 is 0 Å². The van der Waals surface area contributed by atoms with Crippen LogP contribution in [0.25, 0.3) is 0 Å². The van der Waals surface area contributed by atoms with E-state index < -0.39 is 0 Å². The van der Waals surface area contributed by atoms with Crippen molar-refractivity contribution in [2.75, 3.05) is 0 Å². The molecule has 20 heavy (non-hydrogen) atoms. The van der Waals surface area contributed by atoms with Crippen LogP contribution in [0.2, 0.25) is 0 Å². The first-order valence-corrected chi connectivity index (χ1v) is 7.36. The van der Waals surface area contributed by atoms with E-state index in [1.165, 1.54) is 12.8 Å².